The van der Waals surface area contributed by atoms with Crippen molar-refractivity contribution in [1.29, 1.82) is 0 Å². The molecule has 3 aromatic carbocycles. The van der Waals surface area contributed by atoms with Gasteiger partial charge in [0.25, 0.3) is 0 Å². The van der Waals surface area contributed by atoms with E-state index in [0.29, 0.717) is 40.1 Å². The fourth-order valence-corrected chi connectivity index (χ4v) is 5.74. The number of aliphatic imine (C=N–C) groups is 2. The van der Waals surface area contributed by atoms with Crippen LogP contribution in [-0.4, -0.2) is 11.7 Å². The molecule has 0 fully saturated rings. The minimum Gasteiger partial charge on any atom is -0.446 e. The Morgan fingerprint density at radius 1 is 0.659 bits per heavy atom. The molecule has 8 bridgehead atoms. The molecule has 41 heavy (non-hydrogen) atoms. The van der Waals surface area contributed by atoms with Crippen LogP contribution in [0, 0.1) is 5.92 Å². The summed E-state index contributed by atoms with van der Waals surface area (Å²) in [6, 6.07) is 24.1. The van der Waals surface area contributed by atoms with Crippen molar-refractivity contribution in [1.82, 2.24) is 9.97 Å². The van der Waals surface area contributed by atoms with Crippen molar-refractivity contribution in [2.24, 2.45) is 25.9 Å². The number of fused-ring (bicyclic) bond motifs is 19. The molecule has 0 N–H and O–H groups in total. The van der Waals surface area contributed by atoms with Crippen LogP contribution in [0.1, 0.15) is 17.3 Å². The van der Waals surface area contributed by atoms with Gasteiger partial charge in [-0.05, 0) is 49.9 Å². The van der Waals surface area contributed by atoms with Gasteiger partial charge < -0.3 is 40.6 Å². The van der Waals surface area contributed by atoms with Gasteiger partial charge in [-0.2, -0.15) is 0 Å². The van der Waals surface area contributed by atoms with Crippen molar-refractivity contribution in [2.45, 2.75) is 6.17 Å². The first kappa shape index (κ1) is 23.9. The first-order valence-electron chi connectivity index (χ1n) is 13.1. The molecule has 2 atom stereocenters. The molecule has 2 aromatic heterocycles. The summed E-state index contributed by atoms with van der Waals surface area (Å²) < 4.78 is 0. The molecule has 4 aliphatic rings. The van der Waals surface area contributed by atoms with Crippen molar-refractivity contribution in [2.75, 3.05) is 0 Å². The van der Waals surface area contributed by atoms with E-state index in [2.05, 4.69) is 6.08 Å². The van der Waals surface area contributed by atoms with Crippen LogP contribution in [0.25, 0.3) is 32.2 Å². The summed E-state index contributed by atoms with van der Waals surface area (Å²) in [5, 5.41) is 13.5. The summed E-state index contributed by atoms with van der Waals surface area (Å²) in [6.07, 6.45) is 7.67. The van der Waals surface area contributed by atoms with Crippen LogP contribution in [0.5, 0.6) is 0 Å². The van der Waals surface area contributed by atoms with Gasteiger partial charge in [0.15, 0.2) is 0 Å². The first-order valence-corrected chi connectivity index (χ1v) is 13.1. The summed E-state index contributed by atoms with van der Waals surface area (Å²) in [7, 11) is 0. The van der Waals surface area contributed by atoms with Crippen LogP contribution in [0.2, 0.25) is 0 Å². The summed E-state index contributed by atoms with van der Waals surface area (Å²) in [5.41, 5.74) is 4.07. The van der Waals surface area contributed by atoms with Crippen LogP contribution in [0.3, 0.4) is 0 Å². The fourth-order valence-electron chi connectivity index (χ4n) is 5.74. The Hall–Kier alpha value is -4.98. The molecule has 5 heterocycles. The van der Waals surface area contributed by atoms with Crippen molar-refractivity contribution >= 4 is 44.9 Å². The minimum atomic E-state index is -0.478. The molecule has 9 rings (SSSR count). The number of hydrogen-bond donors (Lipinski definition) is 0. The van der Waals surface area contributed by atoms with E-state index in [1.165, 1.54) is 0 Å². The van der Waals surface area contributed by atoms with Gasteiger partial charge in [-0.25, -0.2) is 0 Å². The number of amidine groups is 2. The van der Waals surface area contributed by atoms with E-state index in [1.54, 1.807) is 0 Å². The Labute approximate surface area is 244 Å². The van der Waals surface area contributed by atoms with Crippen LogP contribution in [0.4, 0.5) is 11.6 Å². The van der Waals surface area contributed by atoms with E-state index >= 15 is 0 Å². The number of nitrogens with zero attached hydrogens (tertiary/aromatic N) is 8. The molecule has 0 spiro atoms. The van der Waals surface area contributed by atoms with Crippen LogP contribution < -0.4 is 20.9 Å². The minimum absolute atomic E-state index is 0. The van der Waals surface area contributed by atoms with Gasteiger partial charge in [0.1, 0.15) is 0 Å². The normalized spacial score (nSPS) is 19.8. The zero-order valence-electron chi connectivity index (χ0n) is 21.3. The molecule has 3 aliphatic heterocycles. The van der Waals surface area contributed by atoms with E-state index in [4.69, 9.17) is 40.6 Å². The monoisotopic (exact) mass is 569 g/mol. The van der Waals surface area contributed by atoms with Crippen LogP contribution in [-0.2, 0) is 17.1 Å². The maximum Gasteiger partial charge on any atom is 0.0332 e. The van der Waals surface area contributed by atoms with Gasteiger partial charge in [0, 0.05) is 57.6 Å². The second kappa shape index (κ2) is 9.02. The third-order valence-corrected chi connectivity index (χ3v) is 7.64. The van der Waals surface area contributed by atoms with Gasteiger partial charge >= 0.3 is 0 Å². The standard InChI is InChI=1S/C32H18N8.Mn/c1-2-10-18-17(9-1)25-33-26(18)38-28-21-13-5-6-14-22(21)30(35-28)40-32-24-16-8-7-15-23(24)31(36-32)39-29-20-12-4-3-11-19(20)27(34-29)37-25;/h1-17,32H;/q-4;. The second-order valence-electron chi connectivity index (χ2n) is 9.96. The van der Waals surface area contributed by atoms with E-state index in [-0.39, 0.29) is 23.0 Å². The molecule has 0 saturated carbocycles. The molecule has 197 valence electrons. The predicted molar refractivity (Wildman–Crippen MR) is 155 cm³/mol. The van der Waals surface area contributed by atoms with Crippen molar-refractivity contribution in [3.05, 3.63) is 141 Å². The molecule has 9 heteroatoms. The molecule has 5 aromatic rings. The van der Waals surface area contributed by atoms with Crippen LogP contribution >= 0.6 is 0 Å². The number of allylic oxidation sites excluding steroid dienone is 3. The summed E-state index contributed by atoms with van der Waals surface area (Å²) in [5.74, 6) is 2.87. The van der Waals surface area contributed by atoms with E-state index in [1.807, 2.05) is 91.0 Å². The quantitative estimate of drug-likeness (QED) is 0.224. The predicted octanol–water partition coefficient (Wildman–Crippen LogP) is 5.69. The van der Waals surface area contributed by atoms with Crippen molar-refractivity contribution in [3.8, 4) is 0 Å². The number of rotatable bonds is 0. The zero-order chi connectivity index (χ0) is 26.2. The molecule has 1 radical (unpaired) electrons. The van der Waals surface area contributed by atoms with Gasteiger partial charge in [0.2, 0.25) is 0 Å². The third-order valence-electron chi connectivity index (χ3n) is 7.64. The van der Waals surface area contributed by atoms with Gasteiger partial charge in [0.05, 0.1) is 0 Å². The molecule has 1 aliphatic carbocycles. The average molecular weight is 569 g/mol. The number of hydrogen-bond acceptors (Lipinski definition) is 4. The maximum atomic E-state index is 5.04. The Bertz CT molecular complexity index is 2190. The topological polar surface area (TPSA) is 106 Å². The first-order chi connectivity index (χ1) is 19.8. The third kappa shape index (κ3) is 3.60. The van der Waals surface area contributed by atoms with E-state index < -0.39 is 6.17 Å². The summed E-state index contributed by atoms with van der Waals surface area (Å²) in [6.45, 7) is 0. The van der Waals surface area contributed by atoms with Gasteiger partial charge in [-0.15, -0.1) is 0 Å². The summed E-state index contributed by atoms with van der Waals surface area (Å²) in [4.78, 5) is 29.8. The average Bonchev–Trinajstić information content (AvgIpc) is 3.73. The smallest absolute Gasteiger partial charge is 0.0332 e. The van der Waals surface area contributed by atoms with E-state index in [0.717, 1.165) is 38.2 Å². The second-order valence-corrected chi connectivity index (χ2v) is 9.96. The SMILES string of the molecule is C1=CC2=C3N=c4[n-]c(c5ccccc45)=NC4[N-]C(=Nc5[n-]c(c6ccccc56)N=C([N-]3)C2C=C1)c1ccccc14.[Mn]. The molecule has 0 amide bonds. The van der Waals surface area contributed by atoms with Crippen molar-refractivity contribution in [3.63, 3.8) is 0 Å². The molecule has 2 unspecified atom stereocenters. The summed E-state index contributed by atoms with van der Waals surface area (Å²) >= 11 is 0. The maximum absolute atomic E-state index is 5.04. The van der Waals surface area contributed by atoms with Gasteiger partial charge in [-0.1, -0.05) is 97.1 Å². The Morgan fingerprint density at radius 2 is 1.37 bits per heavy atom. The fraction of sp³-hybridized carbons (Fsp3) is 0.0625. The Morgan fingerprint density at radius 3 is 2.20 bits per heavy atom. The molecule has 8 nitrogen and oxygen atoms in total. The molecular formula is C32H18MnN8-4. The van der Waals surface area contributed by atoms with Gasteiger partial charge in [-0.3, -0.25) is 0 Å². The molecular weight excluding hydrogens is 551 g/mol. The van der Waals surface area contributed by atoms with E-state index in [9.17, 15) is 0 Å². The Kier molecular flexibility index (Phi) is 5.25. The Balaban J connectivity index is 0.00000256. The largest absolute Gasteiger partial charge is 0.446 e. The van der Waals surface area contributed by atoms with Crippen molar-refractivity contribution < 1.29 is 17.1 Å². The molecule has 0 saturated heterocycles. The van der Waals surface area contributed by atoms with Crippen LogP contribution in [0.15, 0.2) is 128 Å². The zero-order valence-corrected chi connectivity index (χ0v) is 22.5. The number of aromatic nitrogens is 2. The number of benzene rings is 3.